The summed E-state index contributed by atoms with van der Waals surface area (Å²) in [6.07, 6.45) is 1.07. The van der Waals surface area contributed by atoms with Crippen LogP contribution in [0.4, 0.5) is 0 Å². The van der Waals surface area contributed by atoms with Gasteiger partial charge in [0.1, 0.15) is 13.2 Å². The van der Waals surface area contributed by atoms with Crippen LogP contribution in [0.25, 0.3) is 11.3 Å². The lowest BCUT2D eigenvalue weighted by atomic mass is 10.1. The molecule has 2 aliphatic heterocycles. The maximum Gasteiger partial charge on any atom is 0.162 e. The molecular formula is C15H17ClN2O2. The molecule has 0 spiro atoms. The summed E-state index contributed by atoms with van der Waals surface area (Å²) in [6, 6.07) is 8.35. The molecule has 5 heteroatoms. The maximum atomic E-state index is 5.64. The van der Waals surface area contributed by atoms with Gasteiger partial charge in [-0.2, -0.15) is 0 Å². The highest BCUT2D eigenvalue weighted by Gasteiger charge is 2.16. The van der Waals surface area contributed by atoms with E-state index in [2.05, 4.69) is 28.5 Å². The van der Waals surface area contributed by atoms with Gasteiger partial charge in [-0.3, -0.25) is 0 Å². The number of hydrogen-bond donors (Lipinski definition) is 2. The Morgan fingerprint density at radius 1 is 1.00 bits per heavy atom. The molecule has 1 aromatic carbocycles. The minimum absolute atomic E-state index is 0. The second kappa shape index (κ2) is 5.38. The number of ether oxygens (including phenoxy) is 2. The fourth-order valence-electron chi connectivity index (χ4n) is 2.72. The van der Waals surface area contributed by atoms with Crippen LogP contribution < -0.4 is 14.8 Å². The number of halogens is 1. The van der Waals surface area contributed by atoms with E-state index in [-0.39, 0.29) is 12.4 Å². The standard InChI is InChI=1S/C15H16N2O2.ClH/c1-2-14-15(19-6-5-18-14)8-10(1)13-7-11-9-16-4-3-12(11)17-13;/h1-2,7-8,16-17H,3-6,9H2;1H. The molecule has 20 heavy (non-hydrogen) atoms. The predicted octanol–water partition coefficient (Wildman–Crippen LogP) is 2.52. The van der Waals surface area contributed by atoms with Crippen molar-refractivity contribution in [2.24, 2.45) is 0 Å². The third-order valence-electron chi connectivity index (χ3n) is 3.71. The molecule has 0 saturated carbocycles. The Balaban J connectivity index is 0.00000121. The quantitative estimate of drug-likeness (QED) is 0.849. The number of nitrogens with one attached hydrogen (secondary N) is 2. The van der Waals surface area contributed by atoms with Crippen molar-refractivity contribution >= 4 is 12.4 Å². The van der Waals surface area contributed by atoms with Gasteiger partial charge in [-0.15, -0.1) is 12.4 Å². The van der Waals surface area contributed by atoms with E-state index in [0.717, 1.165) is 42.3 Å². The van der Waals surface area contributed by atoms with Crippen LogP contribution in [0.1, 0.15) is 11.3 Å². The van der Waals surface area contributed by atoms with Crippen molar-refractivity contribution in [3.8, 4) is 22.8 Å². The molecular weight excluding hydrogens is 276 g/mol. The molecule has 0 bridgehead atoms. The Kier molecular flexibility index (Phi) is 3.59. The molecule has 2 N–H and O–H groups in total. The molecule has 4 nitrogen and oxygen atoms in total. The number of aromatic nitrogens is 1. The highest BCUT2D eigenvalue weighted by Crippen LogP contribution is 2.35. The zero-order valence-corrected chi connectivity index (χ0v) is 11.9. The monoisotopic (exact) mass is 292 g/mol. The van der Waals surface area contributed by atoms with E-state index >= 15 is 0 Å². The predicted molar refractivity (Wildman–Crippen MR) is 79.9 cm³/mol. The summed E-state index contributed by atoms with van der Waals surface area (Å²) in [7, 11) is 0. The largest absolute Gasteiger partial charge is 0.486 e. The van der Waals surface area contributed by atoms with E-state index in [1.165, 1.54) is 11.3 Å². The average molecular weight is 293 g/mol. The summed E-state index contributed by atoms with van der Waals surface area (Å²) in [5.74, 6) is 1.68. The normalized spacial score (nSPS) is 16.2. The fourth-order valence-corrected chi connectivity index (χ4v) is 2.72. The minimum atomic E-state index is 0. The number of hydrogen-bond acceptors (Lipinski definition) is 3. The van der Waals surface area contributed by atoms with Crippen molar-refractivity contribution in [1.29, 1.82) is 0 Å². The van der Waals surface area contributed by atoms with Gasteiger partial charge < -0.3 is 19.8 Å². The smallest absolute Gasteiger partial charge is 0.162 e. The van der Waals surface area contributed by atoms with Gasteiger partial charge in [0.2, 0.25) is 0 Å². The number of rotatable bonds is 1. The van der Waals surface area contributed by atoms with Crippen LogP contribution in [0.2, 0.25) is 0 Å². The molecule has 0 unspecified atom stereocenters. The Hall–Kier alpha value is -1.65. The number of aromatic amines is 1. The van der Waals surface area contributed by atoms with Gasteiger partial charge >= 0.3 is 0 Å². The molecule has 0 fully saturated rings. The molecule has 0 radical (unpaired) electrons. The van der Waals surface area contributed by atoms with Crippen LogP contribution >= 0.6 is 12.4 Å². The third-order valence-corrected chi connectivity index (χ3v) is 3.71. The fraction of sp³-hybridized carbons (Fsp3) is 0.333. The number of benzene rings is 1. The molecule has 1 aromatic heterocycles. The van der Waals surface area contributed by atoms with Crippen molar-refractivity contribution in [3.05, 3.63) is 35.5 Å². The average Bonchev–Trinajstić information content (AvgIpc) is 2.90. The van der Waals surface area contributed by atoms with Gasteiger partial charge in [0.15, 0.2) is 11.5 Å². The van der Waals surface area contributed by atoms with E-state index < -0.39 is 0 Å². The van der Waals surface area contributed by atoms with Crippen LogP contribution in [0.5, 0.6) is 11.5 Å². The third kappa shape index (κ3) is 2.25. The van der Waals surface area contributed by atoms with Crippen molar-refractivity contribution in [1.82, 2.24) is 10.3 Å². The lowest BCUT2D eigenvalue weighted by molar-refractivity contribution is 0.171. The van der Waals surface area contributed by atoms with Gasteiger partial charge in [-0.05, 0) is 29.8 Å². The molecule has 2 aromatic rings. The summed E-state index contributed by atoms with van der Waals surface area (Å²) >= 11 is 0. The van der Waals surface area contributed by atoms with E-state index in [1.54, 1.807) is 0 Å². The van der Waals surface area contributed by atoms with Crippen LogP contribution in [-0.4, -0.2) is 24.7 Å². The maximum absolute atomic E-state index is 5.64. The molecule has 106 valence electrons. The van der Waals surface area contributed by atoms with Crippen molar-refractivity contribution in [3.63, 3.8) is 0 Å². The van der Waals surface area contributed by atoms with Crippen LogP contribution in [0.3, 0.4) is 0 Å². The summed E-state index contributed by atoms with van der Waals surface area (Å²) in [6.45, 7) is 3.26. The molecule has 0 amide bonds. The van der Waals surface area contributed by atoms with E-state index in [1.807, 2.05) is 6.07 Å². The van der Waals surface area contributed by atoms with Gasteiger partial charge in [-0.1, -0.05) is 0 Å². The zero-order chi connectivity index (χ0) is 12.7. The van der Waals surface area contributed by atoms with Gasteiger partial charge in [0, 0.05) is 36.5 Å². The van der Waals surface area contributed by atoms with Crippen LogP contribution in [0.15, 0.2) is 24.3 Å². The molecule has 3 heterocycles. The highest BCUT2D eigenvalue weighted by atomic mass is 35.5. The molecule has 4 rings (SSSR count). The first kappa shape index (κ1) is 13.3. The summed E-state index contributed by atoms with van der Waals surface area (Å²) in [4.78, 5) is 3.52. The number of fused-ring (bicyclic) bond motifs is 2. The Morgan fingerprint density at radius 3 is 2.70 bits per heavy atom. The summed E-state index contributed by atoms with van der Waals surface area (Å²) < 4.78 is 11.2. The topological polar surface area (TPSA) is 46.3 Å². The first-order valence-electron chi connectivity index (χ1n) is 6.72. The zero-order valence-electron chi connectivity index (χ0n) is 11.1. The second-order valence-electron chi connectivity index (χ2n) is 4.97. The highest BCUT2D eigenvalue weighted by molar-refractivity contribution is 5.85. The molecule has 0 saturated heterocycles. The van der Waals surface area contributed by atoms with Gasteiger partial charge in [0.25, 0.3) is 0 Å². The summed E-state index contributed by atoms with van der Waals surface area (Å²) in [5.41, 5.74) is 5.03. The first-order valence-corrected chi connectivity index (χ1v) is 6.72. The van der Waals surface area contributed by atoms with Gasteiger partial charge in [0.05, 0.1) is 0 Å². The Bertz CT molecular complexity index is 601. The van der Waals surface area contributed by atoms with E-state index in [4.69, 9.17) is 9.47 Å². The SMILES string of the molecule is Cl.c1cc2c(cc1-c1cc3c([nH]1)CCNC3)OCCO2. The van der Waals surface area contributed by atoms with Gasteiger partial charge in [-0.25, -0.2) is 0 Å². The molecule has 0 aliphatic carbocycles. The molecule has 0 atom stereocenters. The first-order chi connectivity index (χ1) is 9.40. The lowest BCUT2D eigenvalue weighted by Gasteiger charge is -2.18. The summed E-state index contributed by atoms with van der Waals surface area (Å²) in [5, 5.41) is 3.39. The van der Waals surface area contributed by atoms with Crippen molar-refractivity contribution in [2.45, 2.75) is 13.0 Å². The number of H-pyrrole nitrogens is 1. The second-order valence-corrected chi connectivity index (χ2v) is 4.97. The Morgan fingerprint density at radius 2 is 1.85 bits per heavy atom. The van der Waals surface area contributed by atoms with Crippen LogP contribution in [-0.2, 0) is 13.0 Å². The molecule has 2 aliphatic rings. The van der Waals surface area contributed by atoms with Crippen molar-refractivity contribution in [2.75, 3.05) is 19.8 Å². The van der Waals surface area contributed by atoms with E-state index in [9.17, 15) is 0 Å². The Labute approximate surface area is 123 Å². The van der Waals surface area contributed by atoms with Crippen LogP contribution in [0, 0.1) is 0 Å². The van der Waals surface area contributed by atoms with Crippen molar-refractivity contribution < 1.29 is 9.47 Å². The minimum Gasteiger partial charge on any atom is -0.486 e. The lowest BCUT2D eigenvalue weighted by Crippen LogP contribution is -2.22. The van der Waals surface area contributed by atoms with E-state index in [0.29, 0.717) is 13.2 Å².